The van der Waals surface area contributed by atoms with Gasteiger partial charge < -0.3 is 0 Å². The number of hydrogen-bond donors (Lipinski definition) is 1. The third-order valence-electron chi connectivity index (χ3n) is 2.50. The molecule has 0 spiro atoms. The van der Waals surface area contributed by atoms with Gasteiger partial charge in [-0.05, 0) is 18.2 Å². The third kappa shape index (κ3) is 3.60. The summed E-state index contributed by atoms with van der Waals surface area (Å²) in [6.07, 6.45) is -3.28. The van der Waals surface area contributed by atoms with Crippen molar-refractivity contribution in [1.82, 2.24) is 0 Å². The van der Waals surface area contributed by atoms with Crippen LogP contribution in [-0.4, -0.2) is 6.21 Å². The second-order valence-electron chi connectivity index (χ2n) is 3.94. The minimum absolute atomic E-state index is 0.00435. The maximum absolute atomic E-state index is 12.9. The predicted molar refractivity (Wildman–Crippen MR) is 76.8 cm³/mol. The number of alkyl halides is 3. The lowest BCUT2D eigenvalue weighted by Crippen LogP contribution is -2.10. The Morgan fingerprint density at radius 1 is 1.00 bits per heavy atom. The minimum atomic E-state index is -4.44. The standard InChI is InChI=1S/C14H10BrF3N2/c15-12-8-4-5-10(13(12)14(16,17)18)9-19-20-11-6-2-1-3-7-11/h1-9,20H. The van der Waals surface area contributed by atoms with Crippen LogP contribution in [0.3, 0.4) is 0 Å². The molecule has 0 aromatic heterocycles. The average molecular weight is 343 g/mol. The number of halogens is 4. The van der Waals surface area contributed by atoms with Gasteiger partial charge in [-0.15, -0.1) is 0 Å². The highest BCUT2D eigenvalue weighted by Gasteiger charge is 2.35. The fourth-order valence-electron chi connectivity index (χ4n) is 1.64. The molecular formula is C14H10BrF3N2. The number of nitrogens with one attached hydrogen (secondary N) is 1. The van der Waals surface area contributed by atoms with Gasteiger partial charge in [-0.25, -0.2) is 0 Å². The molecule has 2 rings (SSSR count). The van der Waals surface area contributed by atoms with Gasteiger partial charge >= 0.3 is 6.18 Å². The maximum Gasteiger partial charge on any atom is 0.418 e. The molecule has 0 saturated carbocycles. The Labute approximate surface area is 122 Å². The van der Waals surface area contributed by atoms with E-state index >= 15 is 0 Å². The SMILES string of the molecule is FC(F)(F)c1c(Br)cccc1C=NNc1ccccc1. The van der Waals surface area contributed by atoms with Gasteiger partial charge in [-0.1, -0.05) is 46.3 Å². The fourth-order valence-corrected chi connectivity index (χ4v) is 2.24. The lowest BCUT2D eigenvalue weighted by atomic mass is 10.1. The zero-order valence-electron chi connectivity index (χ0n) is 10.2. The lowest BCUT2D eigenvalue weighted by molar-refractivity contribution is -0.138. The number of anilines is 1. The van der Waals surface area contributed by atoms with Gasteiger partial charge in [0.1, 0.15) is 0 Å². The van der Waals surface area contributed by atoms with Crippen molar-refractivity contribution in [3.63, 3.8) is 0 Å². The summed E-state index contributed by atoms with van der Waals surface area (Å²) in [5.41, 5.74) is 2.64. The second-order valence-corrected chi connectivity index (χ2v) is 4.79. The Bertz CT molecular complexity index is 610. The van der Waals surface area contributed by atoms with E-state index in [9.17, 15) is 13.2 Å². The summed E-state index contributed by atoms with van der Waals surface area (Å²) < 4.78 is 38.8. The summed E-state index contributed by atoms with van der Waals surface area (Å²) in [4.78, 5) is 0. The number of hydrazone groups is 1. The number of nitrogens with zero attached hydrogens (tertiary/aromatic N) is 1. The summed E-state index contributed by atoms with van der Waals surface area (Å²) in [7, 11) is 0. The molecule has 0 unspecified atom stereocenters. The Morgan fingerprint density at radius 3 is 2.35 bits per heavy atom. The van der Waals surface area contributed by atoms with Crippen molar-refractivity contribution in [1.29, 1.82) is 0 Å². The molecule has 0 atom stereocenters. The molecule has 2 nitrogen and oxygen atoms in total. The number of rotatable bonds is 3. The Morgan fingerprint density at radius 2 is 1.70 bits per heavy atom. The van der Waals surface area contributed by atoms with Gasteiger partial charge in [-0.3, -0.25) is 5.43 Å². The van der Waals surface area contributed by atoms with Crippen molar-refractivity contribution >= 4 is 27.8 Å². The monoisotopic (exact) mass is 342 g/mol. The van der Waals surface area contributed by atoms with Crippen molar-refractivity contribution in [2.75, 3.05) is 5.43 Å². The van der Waals surface area contributed by atoms with E-state index < -0.39 is 11.7 Å². The van der Waals surface area contributed by atoms with E-state index in [4.69, 9.17) is 0 Å². The number of hydrogen-bond acceptors (Lipinski definition) is 2. The second kappa shape index (κ2) is 6.09. The van der Waals surface area contributed by atoms with E-state index in [0.717, 1.165) is 6.21 Å². The molecule has 0 amide bonds. The Kier molecular flexibility index (Phi) is 4.44. The molecule has 0 aliphatic heterocycles. The zero-order chi connectivity index (χ0) is 14.6. The Balaban J connectivity index is 2.24. The van der Waals surface area contributed by atoms with Gasteiger partial charge in [-0.2, -0.15) is 18.3 Å². The van der Waals surface area contributed by atoms with E-state index in [1.807, 2.05) is 6.07 Å². The summed E-state index contributed by atoms with van der Waals surface area (Å²) in [6, 6.07) is 13.2. The van der Waals surface area contributed by atoms with Crippen LogP contribution in [0.15, 0.2) is 58.1 Å². The first-order valence-electron chi connectivity index (χ1n) is 5.68. The predicted octanol–water partition coefficient (Wildman–Crippen LogP) is 4.91. The Hall–Kier alpha value is -1.82. The normalized spacial score (nSPS) is 11.8. The molecular weight excluding hydrogens is 333 g/mol. The van der Waals surface area contributed by atoms with E-state index in [1.165, 1.54) is 18.2 Å². The summed E-state index contributed by atoms with van der Waals surface area (Å²) in [5, 5.41) is 3.83. The third-order valence-corrected chi connectivity index (χ3v) is 3.16. The average Bonchev–Trinajstić information content (AvgIpc) is 2.38. The molecule has 20 heavy (non-hydrogen) atoms. The first kappa shape index (κ1) is 14.6. The summed E-state index contributed by atoms with van der Waals surface area (Å²) >= 11 is 2.92. The molecule has 2 aromatic carbocycles. The smallest absolute Gasteiger partial charge is 0.279 e. The van der Waals surface area contributed by atoms with Crippen molar-refractivity contribution in [2.45, 2.75) is 6.18 Å². The molecule has 104 valence electrons. The molecule has 0 heterocycles. The number of para-hydroxylation sites is 1. The van der Waals surface area contributed by atoms with Crippen LogP contribution in [0.25, 0.3) is 0 Å². The molecule has 0 bridgehead atoms. The van der Waals surface area contributed by atoms with Crippen LogP contribution in [0.4, 0.5) is 18.9 Å². The van der Waals surface area contributed by atoms with E-state index in [-0.39, 0.29) is 10.0 Å². The zero-order valence-corrected chi connectivity index (χ0v) is 11.7. The van der Waals surface area contributed by atoms with Gasteiger partial charge in [0.25, 0.3) is 0 Å². The topological polar surface area (TPSA) is 24.4 Å². The van der Waals surface area contributed by atoms with Crippen molar-refractivity contribution < 1.29 is 13.2 Å². The van der Waals surface area contributed by atoms with Crippen LogP contribution >= 0.6 is 15.9 Å². The fraction of sp³-hybridized carbons (Fsp3) is 0.0714. The van der Waals surface area contributed by atoms with Gasteiger partial charge in [0, 0.05) is 10.0 Å². The first-order valence-corrected chi connectivity index (χ1v) is 6.47. The van der Waals surface area contributed by atoms with Crippen LogP contribution in [0.5, 0.6) is 0 Å². The molecule has 0 aliphatic carbocycles. The molecule has 0 radical (unpaired) electrons. The first-order chi connectivity index (χ1) is 9.48. The molecule has 6 heteroatoms. The van der Waals surface area contributed by atoms with Gasteiger partial charge in [0.15, 0.2) is 0 Å². The van der Waals surface area contributed by atoms with Crippen LogP contribution < -0.4 is 5.43 Å². The van der Waals surface area contributed by atoms with Crippen LogP contribution in [0, 0.1) is 0 Å². The van der Waals surface area contributed by atoms with Crippen LogP contribution in [0.2, 0.25) is 0 Å². The highest BCUT2D eigenvalue weighted by molar-refractivity contribution is 9.10. The van der Waals surface area contributed by atoms with Crippen molar-refractivity contribution in [2.24, 2.45) is 5.10 Å². The molecule has 0 aliphatic rings. The van der Waals surface area contributed by atoms with E-state index in [2.05, 4.69) is 26.5 Å². The molecule has 2 aromatic rings. The van der Waals surface area contributed by atoms with E-state index in [1.54, 1.807) is 24.3 Å². The summed E-state index contributed by atoms with van der Waals surface area (Å²) in [5.74, 6) is 0. The largest absolute Gasteiger partial charge is 0.418 e. The van der Waals surface area contributed by atoms with Crippen LogP contribution in [-0.2, 0) is 6.18 Å². The number of benzene rings is 2. The van der Waals surface area contributed by atoms with Crippen LogP contribution in [0.1, 0.15) is 11.1 Å². The highest BCUT2D eigenvalue weighted by Crippen LogP contribution is 2.36. The highest BCUT2D eigenvalue weighted by atomic mass is 79.9. The van der Waals surface area contributed by atoms with Crippen molar-refractivity contribution in [3.8, 4) is 0 Å². The maximum atomic E-state index is 12.9. The molecule has 0 saturated heterocycles. The quantitative estimate of drug-likeness (QED) is 0.621. The lowest BCUT2D eigenvalue weighted by Gasteiger charge is -2.11. The van der Waals surface area contributed by atoms with E-state index in [0.29, 0.717) is 5.69 Å². The van der Waals surface area contributed by atoms with Gasteiger partial charge in [0.2, 0.25) is 0 Å². The van der Waals surface area contributed by atoms with Crippen molar-refractivity contribution in [3.05, 3.63) is 64.1 Å². The minimum Gasteiger partial charge on any atom is -0.279 e. The molecule has 1 N–H and O–H groups in total. The molecule has 0 fully saturated rings. The van der Waals surface area contributed by atoms with Gasteiger partial charge in [0.05, 0.1) is 17.5 Å². The summed E-state index contributed by atoms with van der Waals surface area (Å²) in [6.45, 7) is 0.